The number of hydrogen-bond donors (Lipinski definition) is 2. The number of carbonyl (C=O) groups excluding carboxylic acids is 3. The number of hydrogen-bond acceptors (Lipinski definition) is 7. The van der Waals surface area contributed by atoms with Crippen molar-refractivity contribution >= 4 is 27.8 Å². The summed E-state index contributed by atoms with van der Waals surface area (Å²) in [5, 5.41) is 2.75. The predicted octanol–water partition coefficient (Wildman–Crippen LogP) is 3.86. The van der Waals surface area contributed by atoms with Crippen LogP contribution in [0.15, 0.2) is 47.5 Å². The summed E-state index contributed by atoms with van der Waals surface area (Å²) in [5.41, 5.74) is 0.322. The Balaban J connectivity index is 2.02. The van der Waals surface area contributed by atoms with Crippen LogP contribution >= 0.6 is 0 Å². The molecule has 2 rings (SSSR count). The molecule has 0 radical (unpaired) electrons. The second kappa shape index (κ2) is 13.6. The Bertz CT molecular complexity index is 1090. The van der Waals surface area contributed by atoms with Gasteiger partial charge in [0.15, 0.2) is 0 Å². The fourth-order valence-corrected chi connectivity index (χ4v) is 4.25. The number of pyridine rings is 1. The van der Waals surface area contributed by atoms with Gasteiger partial charge in [-0.25, -0.2) is 22.9 Å². The van der Waals surface area contributed by atoms with E-state index in [0.717, 1.165) is 44.7 Å². The molecule has 35 heavy (non-hydrogen) atoms. The smallest absolute Gasteiger partial charge is 0.357 e. The van der Waals surface area contributed by atoms with Crippen LogP contribution in [-0.4, -0.2) is 43.8 Å². The van der Waals surface area contributed by atoms with Crippen LogP contribution in [0.4, 0.5) is 0 Å². The fraction of sp³-hybridized carbons (Fsp3) is 0.440. The molecule has 0 aliphatic rings. The van der Waals surface area contributed by atoms with Crippen molar-refractivity contribution in [3.05, 3.63) is 59.4 Å². The molecule has 0 aliphatic carbocycles. The van der Waals surface area contributed by atoms with Gasteiger partial charge in [-0.2, -0.15) is 0 Å². The van der Waals surface area contributed by atoms with Crippen molar-refractivity contribution < 1.29 is 27.5 Å². The lowest BCUT2D eigenvalue weighted by atomic mass is 10.1. The quantitative estimate of drug-likeness (QED) is 0.313. The number of rotatable bonds is 13. The van der Waals surface area contributed by atoms with E-state index in [0.29, 0.717) is 12.1 Å². The largest absolute Gasteiger partial charge is 0.458 e. The van der Waals surface area contributed by atoms with Gasteiger partial charge < -0.3 is 10.1 Å². The molecule has 2 N–H and O–H groups in total. The molecule has 0 saturated heterocycles. The van der Waals surface area contributed by atoms with Crippen molar-refractivity contribution in [1.29, 1.82) is 0 Å². The van der Waals surface area contributed by atoms with Gasteiger partial charge >= 0.3 is 5.97 Å². The molecular formula is C25H33N3O6S. The van der Waals surface area contributed by atoms with Gasteiger partial charge in [0.2, 0.25) is 0 Å². The highest BCUT2D eigenvalue weighted by Gasteiger charge is 2.21. The Morgan fingerprint density at radius 2 is 1.51 bits per heavy atom. The van der Waals surface area contributed by atoms with Gasteiger partial charge in [-0.1, -0.05) is 40.0 Å². The van der Waals surface area contributed by atoms with E-state index in [1.54, 1.807) is 0 Å². The first-order chi connectivity index (χ1) is 16.7. The third-order valence-corrected chi connectivity index (χ3v) is 6.55. The zero-order valence-electron chi connectivity index (χ0n) is 20.4. The number of benzene rings is 1. The highest BCUT2D eigenvalue weighted by Crippen LogP contribution is 2.14. The van der Waals surface area contributed by atoms with E-state index in [-0.39, 0.29) is 28.2 Å². The number of nitrogens with one attached hydrogen (secondary N) is 2. The molecule has 0 fully saturated rings. The molecule has 1 aromatic carbocycles. The molecule has 0 spiro atoms. The zero-order valence-corrected chi connectivity index (χ0v) is 21.2. The topological polar surface area (TPSA) is 132 Å². The van der Waals surface area contributed by atoms with E-state index < -0.39 is 21.9 Å². The number of aromatic nitrogens is 1. The van der Waals surface area contributed by atoms with Gasteiger partial charge in [0, 0.05) is 18.3 Å². The van der Waals surface area contributed by atoms with Crippen LogP contribution in [0.25, 0.3) is 0 Å². The predicted molar refractivity (Wildman–Crippen MR) is 132 cm³/mol. The van der Waals surface area contributed by atoms with Gasteiger partial charge in [0.25, 0.3) is 21.8 Å². The molecule has 190 valence electrons. The molecule has 0 bridgehead atoms. The molecule has 2 amide bonds. The number of esters is 1. The maximum atomic E-state index is 12.6. The summed E-state index contributed by atoms with van der Waals surface area (Å²) in [7, 11) is -4.18. The standard InChI is InChI=1S/C25H33N3O6S/c1-4-7-16-26-23(29)18-10-13-21(14-11-18)35(32,33)28-24(30)19-12-15-22(27-17-19)25(31)34-20(8-5-2)9-6-3/h10-15,17,20H,4-9,16H2,1-3H3,(H,26,29)(H,28,30). The lowest BCUT2D eigenvalue weighted by Gasteiger charge is -2.16. The van der Waals surface area contributed by atoms with E-state index in [9.17, 15) is 22.8 Å². The average Bonchev–Trinajstić information content (AvgIpc) is 2.84. The summed E-state index contributed by atoms with van der Waals surface area (Å²) in [4.78, 5) is 40.7. The minimum atomic E-state index is -4.18. The molecule has 0 aliphatic heterocycles. The second-order valence-corrected chi connectivity index (χ2v) is 9.79. The Kier molecular flexibility index (Phi) is 10.8. The van der Waals surface area contributed by atoms with Gasteiger partial charge in [0.1, 0.15) is 11.8 Å². The van der Waals surface area contributed by atoms with Crippen molar-refractivity contribution in [2.24, 2.45) is 0 Å². The van der Waals surface area contributed by atoms with Crippen LogP contribution in [0.5, 0.6) is 0 Å². The highest BCUT2D eigenvalue weighted by molar-refractivity contribution is 7.90. The number of nitrogens with zero attached hydrogens (tertiary/aromatic N) is 1. The minimum absolute atomic E-state index is 0.0317. The minimum Gasteiger partial charge on any atom is -0.458 e. The fourth-order valence-electron chi connectivity index (χ4n) is 3.27. The van der Waals surface area contributed by atoms with E-state index in [4.69, 9.17) is 4.74 Å². The number of sulfonamides is 1. The van der Waals surface area contributed by atoms with Gasteiger partial charge in [-0.15, -0.1) is 0 Å². The number of amides is 2. The molecular weight excluding hydrogens is 470 g/mol. The van der Waals surface area contributed by atoms with Crippen LogP contribution < -0.4 is 10.0 Å². The molecule has 0 atom stereocenters. The zero-order chi connectivity index (χ0) is 25.8. The Hall–Kier alpha value is -3.27. The highest BCUT2D eigenvalue weighted by atomic mass is 32.2. The Morgan fingerprint density at radius 1 is 0.886 bits per heavy atom. The molecule has 0 unspecified atom stereocenters. The monoisotopic (exact) mass is 503 g/mol. The lowest BCUT2D eigenvalue weighted by molar-refractivity contribution is 0.0251. The van der Waals surface area contributed by atoms with Gasteiger partial charge in [-0.3, -0.25) is 9.59 Å². The van der Waals surface area contributed by atoms with Crippen molar-refractivity contribution in [2.75, 3.05) is 6.54 Å². The van der Waals surface area contributed by atoms with Crippen LogP contribution in [-0.2, 0) is 14.8 Å². The summed E-state index contributed by atoms with van der Waals surface area (Å²) >= 11 is 0. The first kappa shape index (κ1) is 28.0. The maximum Gasteiger partial charge on any atom is 0.357 e. The van der Waals surface area contributed by atoms with E-state index in [1.807, 2.05) is 25.5 Å². The first-order valence-corrected chi connectivity index (χ1v) is 13.3. The third-order valence-electron chi connectivity index (χ3n) is 5.20. The second-order valence-electron chi connectivity index (χ2n) is 8.11. The summed E-state index contributed by atoms with van der Waals surface area (Å²) in [5.74, 6) is -1.78. The third kappa shape index (κ3) is 8.47. The SMILES string of the molecule is CCCCNC(=O)c1ccc(S(=O)(=O)NC(=O)c2ccc(C(=O)OC(CCC)CCC)nc2)cc1. The Labute approximate surface area is 206 Å². The van der Waals surface area contributed by atoms with Crippen molar-refractivity contribution in [3.63, 3.8) is 0 Å². The number of carbonyl (C=O) groups is 3. The first-order valence-electron chi connectivity index (χ1n) is 11.8. The van der Waals surface area contributed by atoms with E-state index >= 15 is 0 Å². The van der Waals surface area contributed by atoms with Crippen LogP contribution in [0.2, 0.25) is 0 Å². The molecule has 10 heteroatoms. The summed E-state index contributed by atoms with van der Waals surface area (Å²) in [6, 6.07) is 7.91. The lowest BCUT2D eigenvalue weighted by Crippen LogP contribution is -2.31. The van der Waals surface area contributed by atoms with E-state index in [2.05, 4.69) is 10.3 Å². The summed E-state index contributed by atoms with van der Waals surface area (Å²) < 4.78 is 32.7. The maximum absolute atomic E-state index is 12.6. The van der Waals surface area contributed by atoms with Crippen molar-refractivity contribution in [1.82, 2.24) is 15.0 Å². The van der Waals surface area contributed by atoms with Crippen LogP contribution in [0.1, 0.15) is 90.5 Å². The summed E-state index contributed by atoms with van der Waals surface area (Å²) in [6.45, 7) is 6.57. The molecule has 1 aromatic heterocycles. The summed E-state index contributed by atoms with van der Waals surface area (Å²) in [6.07, 6.45) is 5.99. The average molecular weight is 504 g/mol. The van der Waals surface area contributed by atoms with Crippen molar-refractivity contribution in [2.45, 2.75) is 70.3 Å². The van der Waals surface area contributed by atoms with E-state index in [1.165, 1.54) is 36.4 Å². The van der Waals surface area contributed by atoms with Gasteiger partial charge in [0.05, 0.1) is 10.5 Å². The number of ether oxygens (including phenoxy) is 1. The van der Waals surface area contributed by atoms with Crippen LogP contribution in [0, 0.1) is 0 Å². The molecule has 9 nitrogen and oxygen atoms in total. The normalized spacial score (nSPS) is 11.2. The number of unbranched alkanes of at least 4 members (excludes halogenated alkanes) is 1. The van der Waals surface area contributed by atoms with Crippen molar-refractivity contribution in [3.8, 4) is 0 Å². The molecule has 1 heterocycles. The van der Waals surface area contributed by atoms with Crippen LogP contribution in [0.3, 0.4) is 0 Å². The molecule has 0 saturated carbocycles. The molecule has 2 aromatic rings. The Morgan fingerprint density at radius 3 is 2.06 bits per heavy atom. The van der Waals surface area contributed by atoms with Gasteiger partial charge in [-0.05, 0) is 55.7 Å².